The molecular weight excluding hydrogens is 575 g/mol. The first-order chi connectivity index (χ1) is 19.6. The van der Waals surface area contributed by atoms with Crippen LogP contribution in [0.3, 0.4) is 0 Å². The number of alkyl halides is 4. The van der Waals surface area contributed by atoms with Crippen LogP contribution in [0.4, 0.5) is 17.6 Å². The van der Waals surface area contributed by atoms with Crippen LogP contribution in [-0.2, 0) is 16.1 Å². The molecule has 0 aliphatic carbocycles. The molecule has 9 heteroatoms. The molecule has 0 unspecified atom stereocenters. The van der Waals surface area contributed by atoms with E-state index in [0.717, 1.165) is 11.1 Å². The molecule has 41 heavy (non-hydrogen) atoms. The molecule has 1 fully saturated rings. The van der Waals surface area contributed by atoms with Crippen LogP contribution in [0.5, 0.6) is 0 Å². The minimum Gasteiger partial charge on any atom is -0.374 e. The SMILES string of the molecule is FC1(c2ccc(C3=NO[C@](c4cc(Cl)cc(Cl)c4)(C(F)(F)F)C3)cc2)CN(C(c2ccccc2)c2ccccc2)C1. The van der Waals surface area contributed by atoms with Crippen molar-refractivity contribution in [1.82, 2.24) is 4.90 Å². The molecule has 1 atom stereocenters. The minimum absolute atomic E-state index is 0.0575. The van der Waals surface area contributed by atoms with Crippen LogP contribution in [0.1, 0.15) is 40.3 Å². The maximum absolute atomic E-state index is 16.1. The summed E-state index contributed by atoms with van der Waals surface area (Å²) in [6, 6.07) is 29.9. The smallest absolute Gasteiger partial charge is 0.374 e. The Morgan fingerprint density at radius 1 is 0.756 bits per heavy atom. The predicted octanol–water partition coefficient (Wildman–Crippen LogP) is 8.85. The lowest BCUT2D eigenvalue weighted by molar-refractivity contribution is -0.275. The zero-order valence-electron chi connectivity index (χ0n) is 21.6. The highest BCUT2D eigenvalue weighted by molar-refractivity contribution is 6.34. The molecule has 0 radical (unpaired) electrons. The average molecular weight is 599 g/mol. The largest absolute Gasteiger partial charge is 0.435 e. The van der Waals surface area contributed by atoms with Crippen LogP contribution < -0.4 is 0 Å². The summed E-state index contributed by atoms with van der Waals surface area (Å²) >= 11 is 12.0. The Morgan fingerprint density at radius 2 is 1.29 bits per heavy atom. The van der Waals surface area contributed by atoms with Crippen molar-refractivity contribution in [2.24, 2.45) is 5.16 Å². The molecule has 0 aromatic heterocycles. The number of benzene rings is 4. The molecule has 4 aromatic rings. The number of hydrogen-bond acceptors (Lipinski definition) is 3. The van der Waals surface area contributed by atoms with Gasteiger partial charge in [-0.2, -0.15) is 13.2 Å². The van der Waals surface area contributed by atoms with Gasteiger partial charge in [-0.05, 0) is 40.5 Å². The van der Waals surface area contributed by atoms with Crippen molar-refractivity contribution in [2.45, 2.75) is 29.9 Å². The molecule has 4 aromatic carbocycles. The Morgan fingerprint density at radius 3 is 1.80 bits per heavy atom. The lowest BCUT2D eigenvalue weighted by Crippen LogP contribution is -2.57. The van der Waals surface area contributed by atoms with E-state index in [9.17, 15) is 13.2 Å². The van der Waals surface area contributed by atoms with Crippen molar-refractivity contribution in [2.75, 3.05) is 13.1 Å². The molecule has 0 bridgehead atoms. The molecular formula is C32H24Cl2F4N2O. The first-order valence-electron chi connectivity index (χ1n) is 13.0. The Labute approximate surface area is 245 Å². The van der Waals surface area contributed by atoms with E-state index in [0.29, 0.717) is 11.1 Å². The van der Waals surface area contributed by atoms with Gasteiger partial charge in [-0.15, -0.1) is 0 Å². The fourth-order valence-electron chi connectivity index (χ4n) is 5.65. The van der Waals surface area contributed by atoms with Crippen molar-refractivity contribution < 1.29 is 22.4 Å². The minimum atomic E-state index is -4.79. The molecule has 2 aliphatic heterocycles. The zero-order valence-corrected chi connectivity index (χ0v) is 23.1. The van der Waals surface area contributed by atoms with E-state index in [-0.39, 0.29) is 40.5 Å². The van der Waals surface area contributed by atoms with Gasteiger partial charge >= 0.3 is 6.18 Å². The maximum atomic E-state index is 16.1. The molecule has 3 nitrogen and oxygen atoms in total. The molecule has 2 heterocycles. The van der Waals surface area contributed by atoms with Crippen molar-refractivity contribution in [3.8, 4) is 0 Å². The Kier molecular flexibility index (Phi) is 7.09. The summed E-state index contributed by atoms with van der Waals surface area (Å²) in [7, 11) is 0. The van der Waals surface area contributed by atoms with Crippen LogP contribution in [0.25, 0.3) is 0 Å². The van der Waals surface area contributed by atoms with Gasteiger partial charge in [-0.25, -0.2) is 4.39 Å². The fraction of sp³-hybridized carbons (Fsp3) is 0.219. The topological polar surface area (TPSA) is 24.8 Å². The summed E-state index contributed by atoms with van der Waals surface area (Å²) < 4.78 is 59.1. The molecule has 0 saturated carbocycles. The summed E-state index contributed by atoms with van der Waals surface area (Å²) in [4.78, 5) is 7.17. The van der Waals surface area contributed by atoms with Gasteiger partial charge in [-0.1, -0.05) is 113 Å². The van der Waals surface area contributed by atoms with Crippen LogP contribution >= 0.6 is 23.2 Å². The van der Waals surface area contributed by atoms with E-state index in [2.05, 4.69) is 10.1 Å². The maximum Gasteiger partial charge on any atom is 0.435 e. The number of hydrogen-bond donors (Lipinski definition) is 0. The van der Waals surface area contributed by atoms with E-state index in [1.165, 1.54) is 18.2 Å². The zero-order chi connectivity index (χ0) is 28.8. The second-order valence-electron chi connectivity index (χ2n) is 10.5. The molecule has 210 valence electrons. The van der Waals surface area contributed by atoms with Crippen LogP contribution in [-0.4, -0.2) is 29.9 Å². The lowest BCUT2D eigenvalue weighted by Gasteiger charge is -2.49. The van der Waals surface area contributed by atoms with Gasteiger partial charge < -0.3 is 4.84 Å². The summed E-state index contributed by atoms with van der Waals surface area (Å²) in [6.07, 6.45) is -5.37. The monoisotopic (exact) mass is 598 g/mol. The van der Waals surface area contributed by atoms with Crippen molar-refractivity contribution in [3.63, 3.8) is 0 Å². The second kappa shape index (κ2) is 10.5. The molecule has 1 saturated heterocycles. The normalized spacial score (nSPS) is 20.4. The van der Waals surface area contributed by atoms with Gasteiger partial charge in [-0.3, -0.25) is 4.90 Å². The van der Waals surface area contributed by atoms with Gasteiger partial charge in [0, 0.05) is 35.1 Å². The van der Waals surface area contributed by atoms with E-state index in [1.807, 2.05) is 60.7 Å². The number of rotatable bonds is 6. The standard InChI is InChI=1S/C32H24Cl2F4N2O/c33-26-15-25(16-27(34)17-26)31(32(36,37)38)18-28(39-41-31)21-11-13-24(14-12-21)30(35)19-40(20-30)29(22-7-3-1-4-8-22)23-9-5-2-6-10-23/h1-17,29H,18-20H2/t31-/m1/s1. The van der Waals surface area contributed by atoms with E-state index in [1.54, 1.807) is 24.3 Å². The summed E-state index contributed by atoms with van der Waals surface area (Å²) in [5, 5.41) is 3.91. The highest BCUT2D eigenvalue weighted by Gasteiger charge is 2.62. The highest BCUT2D eigenvalue weighted by Crippen LogP contribution is 2.50. The second-order valence-corrected chi connectivity index (χ2v) is 11.3. The molecule has 0 spiro atoms. The Balaban J connectivity index is 1.21. The molecule has 0 N–H and O–H groups in total. The summed E-state index contributed by atoms with van der Waals surface area (Å²) in [5.74, 6) is 0. The van der Waals surface area contributed by atoms with Gasteiger partial charge in [0.2, 0.25) is 0 Å². The van der Waals surface area contributed by atoms with Gasteiger partial charge in [0.15, 0.2) is 5.67 Å². The lowest BCUT2D eigenvalue weighted by atomic mass is 9.83. The summed E-state index contributed by atoms with van der Waals surface area (Å²) in [5.41, 5.74) is -1.44. The first-order valence-corrected chi connectivity index (χ1v) is 13.8. The van der Waals surface area contributed by atoms with Gasteiger partial charge in [0.1, 0.15) is 0 Å². The van der Waals surface area contributed by atoms with E-state index < -0.39 is 23.9 Å². The number of halogens is 6. The molecule has 2 aliphatic rings. The van der Waals surface area contributed by atoms with Crippen molar-refractivity contribution in [3.05, 3.63) is 141 Å². The summed E-state index contributed by atoms with van der Waals surface area (Å²) in [6.45, 7) is 0.356. The predicted molar refractivity (Wildman–Crippen MR) is 152 cm³/mol. The Hall–Kier alpha value is -3.39. The fourth-order valence-corrected chi connectivity index (χ4v) is 6.18. The quantitative estimate of drug-likeness (QED) is 0.207. The third kappa shape index (κ3) is 5.11. The first kappa shape index (κ1) is 27.8. The van der Waals surface area contributed by atoms with Gasteiger partial charge in [0.25, 0.3) is 5.60 Å². The number of oxime groups is 1. The van der Waals surface area contributed by atoms with Crippen LogP contribution in [0.2, 0.25) is 10.0 Å². The average Bonchev–Trinajstić information content (AvgIpc) is 3.40. The van der Waals surface area contributed by atoms with Crippen LogP contribution in [0, 0.1) is 0 Å². The van der Waals surface area contributed by atoms with E-state index in [4.69, 9.17) is 28.0 Å². The van der Waals surface area contributed by atoms with E-state index >= 15 is 4.39 Å². The number of likely N-dealkylation sites (tertiary alicyclic amines) is 1. The van der Waals surface area contributed by atoms with Gasteiger partial charge in [0.05, 0.1) is 11.8 Å². The molecule has 0 amide bonds. The van der Waals surface area contributed by atoms with Crippen LogP contribution in [0.15, 0.2) is 108 Å². The third-order valence-electron chi connectivity index (χ3n) is 7.75. The van der Waals surface area contributed by atoms with Crippen molar-refractivity contribution in [1.29, 1.82) is 0 Å². The van der Waals surface area contributed by atoms with Crippen molar-refractivity contribution >= 4 is 28.9 Å². The molecule has 6 rings (SSSR count). The third-order valence-corrected chi connectivity index (χ3v) is 8.19. The highest BCUT2D eigenvalue weighted by atomic mass is 35.5. The number of nitrogens with zero attached hydrogens (tertiary/aromatic N) is 2. The Bertz CT molecular complexity index is 1510.